The number of rotatable bonds is 15. The maximum Gasteiger partial charge on any atom is 0.311 e. The second-order valence-electron chi connectivity index (χ2n) is 15.7. The standard InChI is InChI=1S/C41H51N7O8S2/c1-25(27-9-11-28(12-10-27)36-26(2)42-24-58-36)43-38(51)33-21-30(49)22-47(33)39(52)37(41(3,4)5)45-35(50)8-6-7-17-56-34-14-13-29(20-32(34)48(53)54)31-23-57-40(44-31)46-15-18-55-19-16-46/h9-14,20,23-25,30,33,37,49H,6-8,15-19,21-22H2,1-5H3,(H,43,51)(H,45,50)/t25-,30+,33-,37+/m0/s1. The van der Waals surface area contributed by atoms with Gasteiger partial charge in [-0.25, -0.2) is 9.97 Å². The van der Waals surface area contributed by atoms with E-state index in [-0.39, 0.29) is 55.3 Å². The summed E-state index contributed by atoms with van der Waals surface area (Å²) in [5, 5.41) is 31.2. The van der Waals surface area contributed by atoms with Crippen LogP contribution in [-0.2, 0) is 19.1 Å². The molecule has 15 nitrogen and oxygen atoms in total. The van der Waals surface area contributed by atoms with Crippen molar-refractivity contribution in [1.82, 2.24) is 25.5 Å². The Kier molecular flexibility index (Phi) is 13.8. The Morgan fingerprint density at radius 1 is 1.07 bits per heavy atom. The molecule has 2 saturated heterocycles. The van der Waals surface area contributed by atoms with Gasteiger partial charge in [-0.15, -0.1) is 22.7 Å². The summed E-state index contributed by atoms with van der Waals surface area (Å²) in [5.74, 6) is -1.05. The molecular formula is C41H51N7O8S2. The van der Waals surface area contributed by atoms with Crippen molar-refractivity contribution in [3.05, 3.63) is 74.7 Å². The molecule has 3 N–H and O–H groups in total. The van der Waals surface area contributed by atoms with E-state index in [9.17, 15) is 29.6 Å². The van der Waals surface area contributed by atoms with Gasteiger partial charge >= 0.3 is 5.69 Å². The van der Waals surface area contributed by atoms with Crippen molar-refractivity contribution in [2.24, 2.45) is 5.41 Å². The highest BCUT2D eigenvalue weighted by molar-refractivity contribution is 7.14. The smallest absolute Gasteiger partial charge is 0.311 e. The summed E-state index contributed by atoms with van der Waals surface area (Å²) in [5.41, 5.74) is 5.08. The number of benzene rings is 2. The number of hydrogen-bond acceptors (Lipinski definition) is 13. The van der Waals surface area contributed by atoms with E-state index >= 15 is 0 Å². The topological polar surface area (TPSA) is 189 Å². The fourth-order valence-corrected chi connectivity index (χ4v) is 8.76. The molecule has 4 aromatic rings. The fourth-order valence-electron chi connectivity index (χ4n) is 7.06. The molecule has 58 heavy (non-hydrogen) atoms. The highest BCUT2D eigenvalue weighted by atomic mass is 32.1. The number of aromatic nitrogens is 2. The number of carbonyl (C=O) groups excluding carboxylic acids is 3. The number of amides is 3. The lowest BCUT2D eigenvalue weighted by molar-refractivity contribution is -0.385. The Morgan fingerprint density at radius 3 is 2.47 bits per heavy atom. The number of carbonyl (C=O) groups is 3. The molecule has 2 aromatic carbocycles. The summed E-state index contributed by atoms with van der Waals surface area (Å²) in [6, 6.07) is 10.5. The summed E-state index contributed by atoms with van der Waals surface area (Å²) in [7, 11) is 0. The second-order valence-corrected chi connectivity index (χ2v) is 17.4. The first kappa shape index (κ1) is 42.6. The Bertz CT molecular complexity index is 2080. The van der Waals surface area contributed by atoms with Gasteiger partial charge in [0.15, 0.2) is 10.9 Å². The number of morpholine rings is 1. The van der Waals surface area contributed by atoms with E-state index in [0.717, 1.165) is 39.9 Å². The summed E-state index contributed by atoms with van der Waals surface area (Å²) in [4.78, 5) is 66.0. The number of aliphatic hydroxyl groups is 1. The molecule has 0 spiro atoms. The van der Waals surface area contributed by atoms with Crippen LogP contribution in [0.25, 0.3) is 21.7 Å². The van der Waals surface area contributed by atoms with Crippen LogP contribution in [0, 0.1) is 22.5 Å². The molecule has 2 aliphatic rings. The Hall–Kier alpha value is -4.97. The first-order valence-electron chi connectivity index (χ1n) is 19.5. The van der Waals surface area contributed by atoms with Gasteiger partial charge in [0, 0.05) is 49.5 Å². The minimum atomic E-state index is -0.958. The number of aliphatic hydroxyl groups excluding tert-OH is 1. The third-order valence-electron chi connectivity index (χ3n) is 10.3. The summed E-state index contributed by atoms with van der Waals surface area (Å²) in [6.45, 7) is 12.2. The highest BCUT2D eigenvalue weighted by Crippen LogP contribution is 2.35. The first-order chi connectivity index (χ1) is 27.7. The van der Waals surface area contributed by atoms with E-state index < -0.39 is 34.4 Å². The number of likely N-dealkylation sites (tertiary alicyclic amines) is 1. The lowest BCUT2D eigenvalue weighted by Crippen LogP contribution is -2.57. The predicted molar refractivity (Wildman–Crippen MR) is 223 cm³/mol. The molecule has 0 bridgehead atoms. The number of aryl methyl sites for hydroxylation is 1. The lowest BCUT2D eigenvalue weighted by atomic mass is 9.85. The number of hydrogen-bond donors (Lipinski definition) is 3. The van der Waals surface area contributed by atoms with Crippen LogP contribution in [0.3, 0.4) is 0 Å². The maximum absolute atomic E-state index is 14.1. The maximum atomic E-state index is 14.1. The molecular weight excluding hydrogens is 783 g/mol. The number of β-amino-alcohol motifs (C(OH)–C–C–N with tert-alkyl or cyclic N) is 1. The molecule has 0 unspecified atom stereocenters. The zero-order valence-electron chi connectivity index (χ0n) is 33.4. The van der Waals surface area contributed by atoms with Crippen LogP contribution in [0.15, 0.2) is 53.4 Å². The van der Waals surface area contributed by atoms with Crippen molar-refractivity contribution in [3.8, 4) is 27.4 Å². The van der Waals surface area contributed by atoms with E-state index in [2.05, 4.69) is 25.5 Å². The van der Waals surface area contributed by atoms with Crippen LogP contribution in [0.2, 0.25) is 0 Å². The molecule has 2 fully saturated rings. The molecule has 3 amide bonds. The Labute approximate surface area is 345 Å². The van der Waals surface area contributed by atoms with Crippen LogP contribution in [0.1, 0.15) is 70.7 Å². The van der Waals surface area contributed by atoms with E-state index in [1.54, 1.807) is 23.5 Å². The van der Waals surface area contributed by atoms with E-state index in [1.165, 1.54) is 22.3 Å². The minimum absolute atomic E-state index is 0.0274. The summed E-state index contributed by atoms with van der Waals surface area (Å²) < 4.78 is 11.2. The van der Waals surface area contributed by atoms with Crippen molar-refractivity contribution >= 4 is 51.2 Å². The van der Waals surface area contributed by atoms with Crippen LogP contribution in [0.4, 0.5) is 10.8 Å². The molecule has 4 atom stereocenters. The van der Waals surface area contributed by atoms with E-state index in [0.29, 0.717) is 37.3 Å². The van der Waals surface area contributed by atoms with Crippen LogP contribution < -0.4 is 20.3 Å². The van der Waals surface area contributed by atoms with Gasteiger partial charge in [0.2, 0.25) is 17.7 Å². The number of nitrogens with zero attached hydrogens (tertiary/aromatic N) is 5. The minimum Gasteiger partial charge on any atom is -0.487 e. The number of thiazole rings is 2. The lowest BCUT2D eigenvalue weighted by Gasteiger charge is -2.35. The molecule has 4 heterocycles. The SMILES string of the molecule is Cc1ncsc1-c1ccc([C@H](C)NC(=O)[C@@H]2C[C@@H](O)CN2C(=O)[C@@H](NC(=O)CCCCOc2ccc(-c3csc(N4CCOCC4)n3)cc2[N+](=O)[O-])C(C)(C)C)cc1. The third kappa shape index (κ3) is 10.4. The molecule has 0 aliphatic carbocycles. The average Bonchev–Trinajstić information content (AvgIpc) is 3.97. The molecule has 6 rings (SSSR count). The summed E-state index contributed by atoms with van der Waals surface area (Å²) >= 11 is 3.05. The predicted octanol–water partition coefficient (Wildman–Crippen LogP) is 5.91. The molecule has 0 saturated carbocycles. The fraction of sp³-hybridized carbons (Fsp3) is 0.488. The van der Waals surface area contributed by atoms with Gasteiger partial charge in [0.05, 0.1) is 58.7 Å². The van der Waals surface area contributed by atoms with Gasteiger partial charge in [-0.3, -0.25) is 24.5 Å². The number of anilines is 1. The second kappa shape index (κ2) is 18.7. The van der Waals surface area contributed by atoms with E-state index in [1.807, 2.05) is 69.8 Å². The molecule has 2 aromatic heterocycles. The zero-order chi connectivity index (χ0) is 41.6. The number of nitro groups is 1. The van der Waals surface area contributed by atoms with Crippen LogP contribution in [-0.4, -0.2) is 100 Å². The van der Waals surface area contributed by atoms with Gasteiger partial charge in [-0.1, -0.05) is 45.0 Å². The summed E-state index contributed by atoms with van der Waals surface area (Å²) in [6.07, 6.45) is 0.121. The van der Waals surface area contributed by atoms with Crippen molar-refractivity contribution < 1.29 is 33.9 Å². The van der Waals surface area contributed by atoms with Gasteiger partial charge in [-0.05, 0) is 55.4 Å². The Morgan fingerprint density at radius 2 is 1.79 bits per heavy atom. The van der Waals surface area contributed by atoms with Gasteiger partial charge in [-0.2, -0.15) is 0 Å². The van der Waals surface area contributed by atoms with Crippen LogP contribution in [0.5, 0.6) is 5.75 Å². The molecule has 0 radical (unpaired) electrons. The normalized spacial score (nSPS) is 18.1. The monoisotopic (exact) mass is 833 g/mol. The molecule has 2 aliphatic heterocycles. The van der Waals surface area contributed by atoms with Crippen molar-refractivity contribution in [2.45, 2.75) is 84.5 Å². The van der Waals surface area contributed by atoms with Crippen molar-refractivity contribution in [2.75, 3.05) is 44.4 Å². The van der Waals surface area contributed by atoms with Crippen molar-refractivity contribution in [1.29, 1.82) is 0 Å². The number of nitrogens with one attached hydrogen (secondary N) is 2. The highest BCUT2D eigenvalue weighted by Gasteiger charge is 2.44. The third-order valence-corrected chi connectivity index (χ3v) is 12.2. The number of nitro benzene ring substituents is 1. The Balaban J connectivity index is 0.999. The van der Waals surface area contributed by atoms with Gasteiger partial charge in [0.25, 0.3) is 0 Å². The zero-order valence-corrected chi connectivity index (χ0v) is 35.1. The largest absolute Gasteiger partial charge is 0.487 e. The quantitative estimate of drug-likeness (QED) is 0.0734. The van der Waals surface area contributed by atoms with Crippen molar-refractivity contribution in [3.63, 3.8) is 0 Å². The molecule has 310 valence electrons. The number of ether oxygens (including phenoxy) is 2. The van der Waals surface area contributed by atoms with Gasteiger partial charge in [0.1, 0.15) is 12.1 Å². The van der Waals surface area contributed by atoms with Gasteiger partial charge < -0.3 is 35.0 Å². The van der Waals surface area contributed by atoms with E-state index in [4.69, 9.17) is 9.47 Å². The average molecular weight is 834 g/mol. The first-order valence-corrected chi connectivity index (χ1v) is 21.2. The number of unbranched alkanes of at least 4 members (excludes halogenated alkanes) is 1. The van der Waals surface area contributed by atoms with Crippen LogP contribution >= 0.6 is 22.7 Å². The molecule has 17 heteroatoms.